The van der Waals surface area contributed by atoms with Gasteiger partial charge in [0.05, 0.1) is 36.5 Å². The number of esters is 1. The molecule has 1 aliphatic carbocycles. The number of nitrogens with one attached hydrogen (secondary N) is 3. The van der Waals surface area contributed by atoms with Crippen LogP contribution in [-0.4, -0.2) is 47.8 Å². The summed E-state index contributed by atoms with van der Waals surface area (Å²) < 4.78 is 52.9. The third-order valence-corrected chi connectivity index (χ3v) is 5.28. The smallest absolute Gasteiger partial charge is 0.490 e. The van der Waals surface area contributed by atoms with Crippen LogP contribution in [0.1, 0.15) is 12.8 Å². The lowest BCUT2D eigenvalue weighted by atomic mass is 10.2. The monoisotopic (exact) mass is 492 g/mol. The van der Waals surface area contributed by atoms with E-state index in [9.17, 15) is 27.6 Å². The SMILES string of the molecule is COc1cccc(Nc2cc(NC(=O)C3(OC(=O)C(F)(F)F)CC3)nc3cc[nH]c(=O)c23)c1OC. The van der Waals surface area contributed by atoms with Gasteiger partial charge in [-0.15, -0.1) is 0 Å². The van der Waals surface area contributed by atoms with E-state index in [0.29, 0.717) is 17.2 Å². The van der Waals surface area contributed by atoms with Crippen molar-refractivity contribution in [2.75, 3.05) is 24.9 Å². The molecule has 1 fully saturated rings. The Morgan fingerprint density at radius 3 is 2.49 bits per heavy atom. The molecule has 3 N–H and O–H groups in total. The maximum Gasteiger partial charge on any atom is 0.490 e. The van der Waals surface area contributed by atoms with Crippen molar-refractivity contribution in [3.8, 4) is 11.5 Å². The molecule has 0 spiro atoms. The third kappa shape index (κ3) is 4.69. The van der Waals surface area contributed by atoms with E-state index < -0.39 is 29.2 Å². The summed E-state index contributed by atoms with van der Waals surface area (Å²) in [7, 11) is 2.89. The molecule has 1 amide bonds. The number of aromatic nitrogens is 2. The quantitative estimate of drug-likeness (QED) is 0.429. The topological polar surface area (TPSA) is 132 Å². The Morgan fingerprint density at radius 2 is 1.86 bits per heavy atom. The van der Waals surface area contributed by atoms with E-state index in [-0.39, 0.29) is 35.2 Å². The van der Waals surface area contributed by atoms with E-state index in [1.807, 2.05) is 0 Å². The summed E-state index contributed by atoms with van der Waals surface area (Å²) in [5.74, 6) is -2.73. The minimum Gasteiger partial charge on any atom is -0.493 e. The van der Waals surface area contributed by atoms with Gasteiger partial charge in [-0.2, -0.15) is 13.2 Å². The predicted molar refractivity (Wildman–Crippen MR) is 118 cm³/mol. The second kappa shape index (κ2) is 8.81. The normalized spacial score (nSPS) is 14.2. The number of para-hydroxylation sites is 1. The Bertz CT molecular complexity index is 1370. The summed E-state index contributed by atoms with van der Waals surface area (Å²) in [5.41, 5.74) is -1.57. The molecule has 0 aliphatic heterocycles. The molecule has 3 aromatic rings. The number of rotatable bonds is 7. The van der Waals surface area contributed by atoms with Crippen molar-refractivity contribution in [2.45, 2.75) is 24.6 Å². The lowest BCUT2D eigenvalue weighted by molar-refractivity contribution is -0.206. The average molecular weight is 492 g/mol. The van der Waals surface area contributed by atoms with Gasteiger partial charge < -0.3 is 29.8 Å². The maximum atomic E-state index is 12.7. The Labute approximate surface area is 195 Å². The van der Waals surface area contributed by atoms with Crippen LogP contribution in [-0.2, 0) is 14.3 Å². The first-order valence-corrected chi connectivity index (χ1v) is 10.2. The van der Waals surface area contributed by atoms with Gasteiger partial charge in [0.15, 0.2) is 17.1 Å². The van der Waals surface area contributed by atoms with E-state index in [1.165, 1.54) is 32.5 Å². The van der Waals surface area contributed by atoms with Crippen molar-refractivity contribution in [2.24, 2.45) is 0 Å². The Morgan fingerprint density at radius 1 is 1.11 bits per heavy atom. The number of aromatic amines is 1. The number of hydrogen-bond acceptors (Lipinski definition) is 8. The Kier molecular flexibility index (Phi) is 6.01. The third-order valence-electron chi connectivity index (χ3n) is 5.28. The summed E-state index contributed by atoms with van der Waals surface area (Å²) in [4.78, 5) is 43.2. The van der Waals surface area contributed by atoms with E-state index in [2.05, 4.69) is 25.3 Å². The van der Waals surface area contributed by atoms with Gasteiger partial charge in [0.1, 0.15) is 5.82 Å². The molecule has 1 aliphatic rings. The number of fused-ring (bicyclic) bond motifs is 1. The van der Waals surface area contributed by atoms with Crippen LogP contribution in [0.3, 0.4) is 0 Å². The molecule has 0 atom stereocenters. The molecule has 35 heavy (non-hydrogen) atoms. The van der Waals surface area contributed by atoms with Gasteiger partial charge in [0, 0.05) is 25.1 Å². The van der Waals surface area contributed by atoms with Crippen molar-refractivity contribution in [3.05, 3.63) is 46.9 Å². The van der Waals surface area contributed by atoms with E-state index >= 15 is 0 Å². The number of hydrogen-bond donors (Lipinski definition) is 3. The number of halogens is 3. The minimum atomic E-state index is -5.23. The van der Waals surface area contributed by atoms with Crippen LogP contribution in [0, 0.1) is 0 Å². The van der Waals surface area contributed by atoms with Crippen LogP contribution in [0.15, 0.2) is 41.3 Å². The zero-order valence-corrected chi connectivity index (χ0v) is 18.4. The van der Waals surface area contributed by atoms with Gasteiger partial charge >= 0.3 is 12.1 Å². The molecule has 0 bridgehead atoms. The number of carbonyl (C=O) groups excluding carboxylic acids is 2. The van der Waals surface area contributed by atoms with E-state index in [0.717, 1.165) is 0 Å². The Hall–Kier alpha value is -4.29. The number of pyridine rings is 2. The lowest BCUT2D eigenvalue weighted by Crippen LogP contribution is -2.39. The first-order valence-electron chi connectivity index (χ1n) is 10.2. The van der Waals surface area contributed by atoms with Crippen LogP contribution < -0.4 is 25.7 Å². The predicted octanol–water partition coefficient (Wildman–Crippen LogP) is 3.26. The number of ether oxygens (including phenoxy) is 3. The highest BCUT2D eigenvalue weighted by atomic mass is 19.4. The zero-order chi connectivity index (χ0) is 25.4. The molecule has 4 rings (SSSR count). The highest BCUT2D eigenvalue weighted by Gasteiger charge is 2.58. The average Bonchev–Trinajstić information content (AvgIpc) is 3.59. The summed E-state index contributed by atoms with van der Waals surface area (Å²) in [6.07, 6.45) is -4.02. The summed E-state index contributed by atoms with van der Waals surface area (Å²) in [6.45, 7) is 0. The fourth-order valence-corrected chi connectivity index (χ4v) is 3.44. The van der Waals surface area contributed by atoms with Gasteiger partial charge in [0.25, 0.3) is 11.5 Å². The van der Waals surface area contributed by atoms with Crippen LogP contribution >= 0.6 is 0 Å². The van der Waals surface area contributed by atoms with Gasteiger partial charge in [-0.05, 0) is 18.2 Å². The van der Waals surface area contributed by atoms with Crippen LogP contribution in [0.4, 0.5) is 30.4 Å². The number of H-pyrrole nitrogens is 1. The highest BCUT2D eigenvalue weighted by Crippen LogP contribution is 2.42. The number of alkyl halides is 3. The summed E-state index contributed by atoms with van der Waals surface area (Å²) >= 11 is 0. The van der Waals surface area contributed by atoms with E-state index in [1.54, 1.807) is 18.2 Å². The molecule has 0 unspecified atom stereocenters. The number of amides is 1. The van der Waals surface area contributed by atoms with Gasteiger partial charge in [0.2, 0.25) is 0 Å². The largest absolute Gasteiger partial charge is 0.493 e. The van der Waals surface area contributed by atoms with Crippen LogP contribution in [0.2, 0.25) is 0 Å². The molecule has 0 saturated heterocycles. The fraction of sp³-hybridized carbons (Fsp3) is 0.273. The molecule has 10 nitrogen and oxygen atoms in total. The lowest BCUT2D eigenvalue weighted by Gasteiger charge is -2.18. The summed E-state index contributed by atoms with van der Waals surface area (Å²) in [6, 6.07) is 7.84. The van der Waals surface area contributed by atoms with Crippen molar-refractivity contribution < 1.29 is 37.0 Å². The van der Waals surface area contributed by atoms with Crippen LogP contribution in [0.25, 0.3) is 10.9 Å². The van der Waals surface area contributed by atoms with Gasteiger partial charge in [-0.1, -0.05) is 6.07 Å². The summed E-state index contributed by atoms with van der Waals surface area (Å²) in [5, 5.41) is 5.59. The van der Waals surface area contributed by atoms with Crippen molar-refractivity contribution in [1.29, 1.82) is 0 Å². The second-order valence-electron chi connectivity index (χ2n) is 7.62. The maximum absolute atomic E-state index is 12.7. The highest BCUT2D eigenvalue weighted by molar-refractivity contribution is 6.02. The van der Waals surface area contributed by atoms with Gasteiger partial charge in [-0.25, -0.2) is 9.78 Å². The van der Waals surface area contributed by atoms with Crippen molar-refractivity contribution in [1.82, 2.24) is 9.97 Å². The fourth-order valence-electron chi connectivity index (χ4n) is 3.44. The number of anilines is 3. The molecule has 1 aromatic carbocycles. The molecular formula is C22H19F3N4O6. The van der Waals surface area contributed by atoms with Crippen LogP contribution in [0.5, 0.6) is 11.5 Å². The molecule has 13 heteroatoms. The van der Waals surface area contributed by atoms with Crippen molar-refractivity contribution in [3.63, 3.8) is 0 Å². The molecule has 2 aromatic heterocycles. The van der Waals surface area contributed by atoms with Gasteiger partial charge in [-0.3, -0.25) is 9.59 Å². The van der Waals surface area contributed by atoms with Crippen molar-refractivity contribution >= 4 is 40.0 Å². The van der Waals surface area contributed by atoms with E-state index in [4.69, 9.17) is 9.47 Å². The zero-order valence-electron chi connectivity index (χ0n) is 18.4. The number of methoxy groups -OCH3 is 2. The number of carbonyl (C=O) groups is 2. The molecule has 1 saturated carbocycles. The molecule has 0 radical (unpaired) electrons. The first kappa shape index (κ1) is 23.9. The number of benzene rings is 1. The molecular weight excluding hydrogens is 473 g/mol. The standard InChI is InChI=1S/C22H19F3N4O6/c1-33-14-5-3-4-12(17(14)34-2)27-13-10-15(28-11-6-9-26-18(30)16(11)13)29-19(31)21(7-8-21)35-20(32)22(23,24)25/h3-6,9-10H,7-8H2,1-2H3,(H,26,30)(H2,27,28,29,31). The first-order chi connectivity index (χ1) is 16.6. The second-order valence-corrected chi connectivity index (χ2v) is 7.62. The Balaban J connectivity index is 1.70. The molecule has 184 valence electrons. The minimum absolute atomic E-state index is 0.0694. The number of nitrogens with zero attached hydrogens (tertiary/aromatic N) is 1. The molecule has 2 heterocycles.